The van der Waals surface area contributed by atoms with Gasteiger partial charge in [-0.15, -0.1) is 0 Å². The monoisotopic (exact) mass is 3040 g/mol. The van der Waals surface area contributed by atoms with Gasteiger partial charge in [0, 0.05) is 253 Å². The SMILES string of the molecule is O.O.O.O.O.O.O.O.O.O.O.O.O.O.O.O.O.O.O.O.O.O.O.O.O.O.O.O.O.O.O.O.O.[Na+].[Na+].[Na+].[Na+].[Na+].[Na+].[OH-].[OH-].[OH-].[OH-].[OH-].[OH-].[W].[W].[W].[W].[W].[W].[W].[W].[W].[W].[W].[W]. The van der Waals surface area contributed by atoms with Crippen LogP contribution >= 0.6 is 0 Å². The van der Waals surface area contributed by atoms with Crippen molar-refractivity contribution in [2.45, 2.75) is 0 Å². The molecule has 0 fully saturated rings. The summed E-state index contributed by atoms with van der Waals surface area (Å²) in [6.07, 6.45) is 0. The van der Waals surface area contributed by atoms with Crippen LogP contribution in [-0.4, -0.2) is 214 Å². The van der Waals surface area contributed by atoms with Crippen molar-refractivity contribution in [3.05, 3.63) is 0 Å². The average Bonchev–Trinajstić information content (AvgIpc) is 0. The van der Waals surface area contributed by atoms with Crippen molar-refractivity contribution in [1.29, 1.82) is 0 Å². The molecule has 0 heterocycles. The molecule has 0 bridgehead atoms. The first kappa shape index (κ1) is 2040. The Hall–Kier alpha value is 12.7. The predicted octanol–water partition coefficient (Wildman–Crippen LogP) is -46.3. The van der Waals surface area contributed by atoms with E-state index in [1.165, 1.54) is 0 Å². The van der Waals surface area contributed by atoms with E-state index in [1.54, 1.807) is 0 Å². The van der Waals surface area contributed by atoms with Gasteiger partial charge < -0.3 is 214 Å². The Morgan fingerprint density at radius 3 is 0.0702 bits per heavy atom. The van der Waals surface area contributed by atoms with E-state index in [0.717, 1.165) is 0 Å². The minimum Gasteiger partial charge on any atom is -0.870 e. The molecular weight excluding hydrogens is 2970 g/mol. The first-order valence-corrected chi connectivity index (χ1v) is 0. The minimum absolute atomic E-state index is 0. The fraction of sp³-hybridized carbons (Fsp3) is 0. The fourth-order valence-corrected chi connectivity index (χ4v) is 0. The van der Waals surface area contributed by atoms with Crippen LogP contribution in [0.15, 0.2) is 0 Å². The summed E-state index contributed by atoms with van der Waals surface area (Å²) in [6, 6.07) is 0. The van der Waals surface area contributed by atoms with Gasteiger partial charge in [-0.25, -0.2) is 0 Å². The van der Waals surface area contributed by atoms with Gasteiger partial charge in [-0.3, -0.25) is 0 Å². The molecule has 0 saturated heterocycles. The van der Waals surface area contributed by atoms with Crippen molar-refractivity contribution in [1.82, 2.24) is 0 Å². The first-order chi connectivity index (χ1) is 0. The third kappa shape index (κ3) is 1900. The molecule has 0 amide bonds. The Morgan fingerprint density at radius 1 is 0.0702 bits per heavy atom. The zero-order valence-electron chi connectivity index (χ0n) is 30.1. The Labute approximate surface area is 630 Å². The van der Waals surface area contributed by atoms with Crippen molar-refractivity contribution < 1.29 is 644 Å². The van der Waals surface area contributed by atoms with E-state index >= 15 is 0 Å². The van der Waals surface area contributed by atoms with Gasteiger partial charge in [-0.2, -0.15) is 0 Å². The molecule has 0 aliphatic carbocycles. The van der Waals surface area contributed by atoms with Crippen molar-refractivity contribution in [3.63, 3.8) is 0 Å². The van der Waals surface area contributed by atoms with Crippen LogP contribution in [0.2, 0.25) is 0 Å². The number of rotatable bonds is 0. The molecule has 0 aromatic carbocycles. The zero-order chi connectivity index (χ0) is 0. The summed E-state index contributed by atoms with van der Waals surface area (Å²) >= 11 is 0. The predicted molar refractivity (Wildman–Crippen MR) is 131 cm³/mol. The van der Waals surface area contributed by atoms with Gasteiger partial charge in [0.2, 0.25) is 0 Å². The van der Waals surface area contributed by atoms with Gasteiger partial charge in [-0.05, 0) is 0 Å². The van der Waals surface area contributed by atoms with Gasteiger partial charge in [0.15, 0.2) is 0 Å². The van der Waals surface area contributed by atoms with Crippen molar-refractivity contribution in [2.24, 2.45) is 0 Å². The summed E-state index contributed by atoms with van der Waals surface area (Å²) in [4.78, 5) is 0. The van der Waals surface area contributed by atoms with Crippen molar-refractivity contribution >= 4 is 0 Å². The Balaban J connectivity index is 0. The van der Waals surface area contributed by atoms with Crippen LogP contribution in [0.3, 0.4) is 0 Å². The van der Waals surface area contributed by atoms with Gasteiger partial charge >= 0.3 is 177 Å². The van der Waals surface area contributed by atoms with Crippen LogP contribution in [0, 0.1) is 0 Å². The third-order valence-corrected chi connectivity index (χ3v) is 0. The summed E-state index contributed by atoms with van der Waals surface area (Å²) in [6.45, 7) is 0. The second kappa shape index (κ2) is 1950. The van der Waals surface area contributed by atoms with Crippen LogP contribution < -0.4 is 177 Å². The number of hydrogen-bond donors (Lipinski definition) is 0. The summed E-state index contributed by atoms with van der Waals surface area (Å²) in [5, 5.41) is 0. The van der Waals surface area contributed by atoms with Crippen LogP contribution in [-0.2, 0) is 253 Å². The molecule has 0 aliphatic rings. The second-order valence-corrected chi connectivity index (χ2v) is 0. The van der Waals surface area contributed by atoms with E-state index in [0.29, 0.717) is 0 Å². The smallest absolute Gasteiger partial charge is 0.870 e. The van der Waals surface area contributed by atoms with Gasteiger partial charge in [0.25, 0.3) is 0 Å². The van der Waals surface area contributed by atoms with Gasteiger partial charge in [0.05, 0.1) is 0 Å². The molecule has 0 aromatic heterocycles. The summed E-state index contributed by atoms with van der Waals surface area (Å²) in [7, 11) is 0. The van der Waals surface area contributed by atoms with E-state index in [4.69, 9.17) is 0 Å². The maximum atomic E-state index is 0. The zero-order valence-corrected chi connectivity index (χ0v) is 77.3. The molecule has 0 saturated carbocycles. The quantitative estimate of drug-likeness (QED) is 0.212. The van der Waals surface area contributed by atoms with E-state index in [2.05, 4.69) is 0 Å². The van der Waals surface area contributed by atoms with Gasteiger partial charge in [-0.1, -0.05) is 0 Å². The molecule has 72 N–H and O–H groups in total. The molecule has 39 nitrogen and oxygen atoms in total. The van der Waals surface area contributed by atoms with E-state index < -0.39 is 0 Å². The topological polar surface area (TPSA) is 1220 Å². The van der Waals surface area contributed by atoms with Crippen molar-refractivity contribution in [3.8, 4) is 0 Å². The second-order valence-electron chi connectivity index (χ2n) is 0. The third-order valence-electron chi connectivity index (χ3n) is 0. The summed E-state index contributed by atoms with van der Waals surface area (Å²) < 4.78 is 0. The molecule has 0 aromatic rings. The molecular formula is H72Na6O39W12. The molecule has 0 atom stereocenters. The van der Waals surface area contributed by atoms with E-state index in [-0.39, 0.29) is 644 Å². The Kier molecular flexibility index (Phi) is 69900. The van der Waals surface area contributed by atoms with Gasteiger partial charge in [0.1, 0.15) is 0 Å². The largest absolute Gasteiger partial charge is 1.00 e. The maximum absolute atomic E-state index is 0. The molecule has 0 spiro atoms. The molecule has 57 heteroatoms. The standard InChI is InChI=1S/6Na.39H2O.12W/h;;;;;;39*1H2;;;;;;;;;;;;/q6*+1;;;;;;;;;;;;;;;;;;;;;;;;;;;;;;;;;;;;;;;;;;;;;;;;;;;/p-6. The molecule has 0 radical (unpaired) electrons. The number of hydrogen-bond acceptors (Lipinski definition) is 6. The molecule has 0 unspecified atom stereocenters. The van der Waals surface area contributed by atoms with Crippen LogP contribution in [0.4, 0.5) is 0 Å². The molecule has 57 heavy (non-hydrogen) atoms. The summed E-state index contributed by atoms with van der Waals surface area (Å²) in [5.41, 5.74) is 0. The van der Waals surface area contributed by atoms with Crippen molar-refractivity contribution in [2.75, 3.05) is 0 Å². The minimum atomic E-state index is 0. The first-order valence-electron chi connectivity index (χ1n) is 0. The normalized spacial score (nSPS) is 0. The summed E-state index contributed by atoms with van der Waals surface area (Å²) in [5.74, 6) is 0. The van der Waals surface area contributed by atoms with E-state index in [9.17, 15) is 0 Å². The molecule has 384 valence electrons. The Morgan fingerprint density at radius 2 is 0.0702 bits per heavy atom. The molecule has 0 aliphatic heterocycles. The van der Waals surface area contributed by atoms with Crippen LogP contribution in [0.25, 0.3) is 0 Å². The van der Waals surface area contributed by atoms with E-state index in [1.807, 2.05) is 0 Å². The molecule has 0 rings (SSSR count). The average molecular weight is 3040 g/mol. The maximum Gasteiger partial charge on any atom is 1.00 e. The van der Waals surface area contributed by atoms with Crippen LogP contribution in [0.5, 0.6) is 0 Å². The van der Waals surface area contributed by atoms with Crippen LogP contribution in [0.1, 0.15) is 0 Å². The Bertz CT molecular complexity index is 67.8. The fourth-order valence-electron chi connectivity index (χ4n) is 0.